The van der Waals surface area contributed by atoms with E-state index in [1.165, 1.54) is 0 Å². The fraction of sp³-hybridized carbons (Fsp3) is 0.444. The van der Waals surface area contributed by atoms with Gasteiger partial charge in [0.1, 0.15) is 24.7 Å². The Morgan fingerprint density at radius 3 is 1.15 bits per heavy atom. The molecule has 0 aliphatic carbocycles. The zero-order chi connectivity index (χ0) is 15.4. The van der Waals surface area contributed by atoms with Crippen LogP contribution >= 0.6 is 0 Å². The van der Waals surface area contributed by atoms with Gasteiger partial charge in [-0.05, 0) is 74.9 Å². The second-order valence-corrected chi connectivity index (χ2v) is 5.65. The summed E-state index contributed by atoms with van der Waals surface area (Å²) in [5.41, 5.74) is 6.55. The highest BCUT2D eigenvalue weighted by molar-refractivity contribution is 5.57. The molecular formula is C18H26O2. The van der Waals surface area contributed by atoms with Crippen LogP contribution in [-0.2, 0) is 0 Å². The van der Waals surface area contributed by atoms with Crippen LogP contribution in [0.5, 0.6) is 11.5 Å². The van der Waals surface area contributed by atoms with Gasteiger partial charge in [0.2, 0.25) is 0 Å². The van der Waals surface area contributed by atoms with Crippen molar-refractivity contribution in [1.29, 1.82) is 0 Å². The van der Waals surface area contributed by atoms with E-state index in [0.29, 0.717) is 13.2 Å². The number of ether oxygens (including phenoxy) is 2. The van der Waals surface area contributed by atoms with Gasteiger partial charge in [0, 0.05) is 0 Å². The van der Waals surface area contributed by atoms with Crippen molar-refractivity contribution in [3.05, 3.63) is 46.6 Å². The maximum Gasteiger partial charge on any atom is 0.126 e. The van der Waals surface area contributed by atoms with Crippen LogP contribution in [0.15, 0.2) is 24.3 Å². The minimum atomic E-state index is 0.548. The van der Waals surface area contributed by atoms with Gasteiger partial charge in [0.25, 0.3) is 0 Å². The maximum absolute atomic E-state index is 5.90. The van der Waals surface area contributed by atoms with E-state index in [2.05, 4.69) is 40.9 Å². The largest absolute Gasteiger partial charge is 0.489 e. The summed E-state index contributed by atoms with van der Waals surface area (Å²) in [4.78, 5) is 0. The van der Waals surface area contributed by atoms with E-state index in [4.69, 9.17) is 9.47 Å². The van der Waals surface area contributed by atoms with Gasteiger partial charge in [0.15, 0.2) is 0 Å². The summed E-state index contributed by atoms with van der Waals surface area (Å²) in [5, 5.41) is 0. The molecule has 0 aliphatic rings. The molecule has 1 aromatic carbocycles. The smallest absolute Gasteiger partial charge is 0.126 e. The molecule has 0 atom stereocenters. The van der Waals surface area contributed by atoms with E-state index in [1.807, 2.05) is 13.8 Å². The quantitative estimate of drug-likeness (QED) is 0.692. The first-order valence-corrected chi connectivity index (χ1v) is 6.90. The van der Waals surface area contributed by atoms with E-state index in [1.54, 1.807) is 0 Å². The molecule has 0 aromatic heterocycles. The number of rotatable bonds is 6. The predicted molar refractivity (Wildman–Crippen MR) is 86.0 cm³/mol. The van der Waals surface area contributed by atoms with Crippen molar-refractivity contribution < 1.29 is 9.47 Å². The lowest BCUT2D eigenvalue weighted by Crippen LogP contribution is -2.07. The zero-order valence-electron chi connectivity index (χ0n) is 13.6. The molecule has 0 bridgehead atoms. The third-order valence-electron chi connectivity index (χ3n) is 3.41. The predicted octanol–water partition coefficient (Wildman–Crippen LogP) is 4.83. The van der Waals surface area contributed by atoms with Crippen molar-refractivity contribution >= 4 is 0 Å². The van der Waals surface area contributed by atoms with E-state index < -0.39 is 0 Å². The molecule has 0 N–H and O–H groups in total. The van der Waals surface area contributed by atoms with Gasteiger partial charge >= 0.3 is 0 Å². The molecule has 2 nitrogen and oxygen atoms in total. The Morgan fingerprint density at radius 2 is 0.950 bits per heavy atom. The van der Waals surface area contributed by atoms with Gasteiger partial charge in [0.05, 0.1) is 0 Å². The van der Waals surface area contributed by atoms with Gasteiger partial charge in [-0.15, -0.1) is 0 Å². The molecule has 0 aliphatic heterocycles. The highest BCUT2D eigenvalue weighted by atomic mass is 16.5. The van der Waals surface area contributed by atoms with Crippen molar-refractivity contribution in [1.82, 2.24) is 0 Å². The first kappa shape index (κ1) is 16.4. The van der Waals surface area contributed by atoms with Gasteiger partial charge in [-0.1, -0.05) is 13.2 Å². The molecule has 0 spiro atoms. The van der Waals surface area contributed by atoms with E-state index in [-0.39, 0.29) is 0 Å². The minimum absolute atomic E-state index is 0.548. The Kier molecular flexibility index (Phi) is 5.43. The Labute approximate surface area is 123 Å². The summed E-state index contributed by atoms with van der Waals surface area (Å²) in [6.07, 6.45) is 0. The van der Waals surface area contributed by atoms with Crippen LogP contribution in [0.2, 0.25) is 0 Å². The van der Waals surface area contributed by atoms with Crippen LogP contribution in [0.25, 0.3) is 0 Å². The van der Waals surface area contributed by atoms with E-state index in [9.17, 15) is 0 Å². The summed E-state index contributed by atoms with van der Waals surface area (Å²) < 4.78 is 11.8. The standard InChI is InChI=1S/C18H26O2/c1-11(2)9-19-17-13(5)15(7)18(16(8)14(17)6)20-10-12(3)4/h1,3,9-10H2,2,4-8H3. The summed E-state index contributed by atoms with van der Waals surface area (Å²) in [6.45, 7) is 21.1. The third-order valence-corrected chi connectivity index (χ3v) is 3.41. The maximum atomic E-state index is 5.90. The molecule has 0 unspecified atom stereocenters. The van der Waals surface area contributed by atoms with Crippen LogP contribution in [-0.4, -0.2) is 13.2 Å². The number of hydrogen-bond acceptors (Lipinski definition) is 2. The molecule has 20 heavy (non-hydrogen) atoms. The molecule has 0 fully saturated rings. The van der Waals surface area contributed by atoms with Crippen molar-refractivity contribution in [2.24, 2.45) is 0 Å². The Morgan fingerprint density at radius 1 is 0.700 bits per heavy atom. The Balaban J connectivity index is 3.19. The fourth-order valence-corrected chi connectivity index (χ4v) is 2.07. The molecule has 0 heterocycles. The second-order valence-electron chi connectivity index (χ2n) is 5.65. The molecule has 0 saturated carbocycles. The topological polar surface area (TPSA) is 18.5 Å². The molecule has 1 aromatic rings. The molecule has 1 rings (SSSR count). The SMILES string of the molecule is C=C(C)COc1c(C)c(C)c(OCC(=C)C)c(C)c1C. The molecule has 0 saturated heterocycles. The highest BCUT2D eigenvalue weighted by Crippen LogP contribution is 2.37. The van der Waals surface area contributed by atoms with Crippen LogP contribution in [0, 0.1) is 27.7 Å². The minimum Gasteiger partial charge on any atom is -0.489 e. The number of hydrogen-bond donors (Lipinski definition) is 0. The zero-order valence-corrected chi connectivity index (χ0v) is 13.6. The van der Waals surface area contributed by atoms with Crippen molar-refractivity contribution in [3.8, 4) is 11.5 Å². The lowest BCUT2D eigenvalue weighted by atomic mass is 9.98. The molecule has 2 heteroatoms. The number of benzene rings is 1. The average Bonchev–Trinajstić information content (AvgIpc) is 2.35. The van der Waals surface area contributed by atoms with Gasteiger partial charge in [-0.3, -0.25) is 0 Å². The first-order chi connectivity index (χ1) is 9.25. The summed E-state index contributed by atoms with van der Waals surface area (Å²) >= 11 is 0. The first-order valence-electron chi connectivity index (χ1n) is 6.90. The average molecular weight is 274 g/mol. The lowest BCUT2D eigenvalue weighted by Gasteiger charge is -2.21. The van der Waals surface area contributed by atoms with Crippen molar-refractivity contribution in [2.45, 2.75) is 41.5 Å². The Hall–Kier alpha value is -1.70. The lowest BCUT2D eigenvalue weighted by molar-refractivity contribution is 0.334. The van der Waals surface area contributed by atoms with Gasteiger partial charge in [-0.25, -0.2) is 0 Å². The van der Waals surface area contributed by atoms with Crippen LogP contribution in [0.4, 0.5) is 0 Å². The normalized spacial score (nSPS) is 10.3. The van der Waals surface area contributed by atoms with Gasteiger partial charge < -0.3 is 9.47 Å². The molecular weight excluding hydrogens is 248 g/mol. The fourth-order valence-electron chi connectivity index (χ4n) is 2.07. The van der Waals surface area contributed by atoms with Crippen molar-refractivity contribution in [3.63, 3.8) is 0 Å². The summed E-state index contributed by atoms with van der Waals surface area (Å²) in [7, 11) is 0. The van der Waals surface area contributed by atoms with E-state index in [0.717, 1.165) is 44.9 Å². The van der Waals surface area contributed by atoms with E-state index >= 15 is 0 Å². The van der Waals surface area contributed by atoms with Gasteiger partial charge in [-0.2, -0.15) is 0 Å². The van der Waals surface area contributed by atoms with Crippen LogP contribution in [0.1, 0.15) is 36.1 Å². The highest BCUT2D eigenvalue weighted by Gasteiger charge is 2.17. The summed E-state index contributed by atoms with van der Waals surface area (Å²) in [5.74, 6) is 1.90. The monoisotopic (exact) mass is 274 g/mol. The van der Waals surface area contributed by atoms with Crippen molar-refractivity contribution in [2.75, 3.05) is 13.2 Å². The molecule has 110 valence electrons. The second kappa shape index (κ2) is 6.65. The summed E-state index contributed by atoms with van der Waals surface area (Å²) in [6, 6.07) is 0. The molecule has 0 radical (unpaired) electrons. The van der Waals surface area contributed by atoms with Crippen LogP contribution in [0.3, 0.4) is 0 Å². The molecule has 0 amide bonds. The third kappa shape index (κ3) is 3.66. The van der Waals surface area contributed by atoms with Crippen LogP contribution < -0.4 is 9.47 Å². The Bertz CT molecular complexity index is 461.